The van der Waals surface area contributed by atoms with Gasteiger partial charge in [0.25, 0.3) is 0 Å². The first kappa shape index (κ1) is 11.7. The number of para-hydroxylation sites is 1. The Morgan fingerprint density at radius 1 is 1.44 bits per heavy atom. The van der Waals surface area contributed by atoms with Crippen molar-refractivity contribution in [1.29, 1.82) is 0 Å². The molecule has 0 saturated carbocycles. The maximum Gasteiger partial charge on any atom is 0.173 e. The Morgan fingerprint density at radius 2 is 2.19 bits per heavy atom. The zero-order valence-corrected chi connectivity index (χ0v) is 11.0. The number of thioether (sulfide) groups is 1. The number of hydrogen-bond acceptors (Lipinski definition) is 2. The van der Waals surface area contributed by atoms with Crippen molar-refractivity contribution in [2.75, 3.05) is 24.2 Å². The van der Waals surface area contributed by atoms with E-state index >= 15 is 0 Å². The third-order valence-electron chi connectivity index (χ3n) is 2.55. The van der Waals surface area contributed by atoms with Crippen LogP contribution in [0.4, 0.5) is 5.69 Å². The van der Waals surface area contributed by atoms with Gasteiger partial charge in [-0.25, -0.2) is 0 Å². The number of hydrogen-bond donors (Lipinski definition) is 1. The molecule has 0 aliphatic carbocycles. The number of nitrogens with one attached hydrogen (secondary N) is 1. The first-order chi connectivity index (χ1) is 7.75. The summed E-state index contributed by atoms with van der Waals surface area (Å²) in [6.07, 6.45) is 0. The predicted octanol–water partition coefficient (Wildman–Crippen LogP) is 2.82. The van der Waals surface area contributed by atoms with Crippen molar-refractivity contribution in [2.45, 2.75) is 12.2 Å². The Bertz CT molecular complexity index is 353. The van der Waals surface area contributed by atoms with E-state index in [-0.39, 0.29) is 0 Å². The fraction of sp³-hybridized carbons (Fsp3) is 0.417. The van der Waals surface area contributed by atoms with Crippen LogP contribution in [-0.4, -0.2) is 34.1 Å². The largest absolute Gasteiger partial charge is 0.347 e. The second-order valence-corrected chi connectivity index (χ2v) is 5.86. The van der Waals surface area contributed by atoms with Crippen molar-refractivity contribution in [2.24, 2.45) is 0 Å². The van der Waals surface area contributed by atoms with Gasteiger partial charge in [0, 0.05) is 29.8 Å². The Hall–Kier alpha value is -0.740. The second-order valence-electron chi connectivity index (χ2n) is 3.92. The molecule has 1 aliphatic rings. The maximum atomic E-state index is 5.41. The summed E-state index contributed by atoms with van der Waals surface area (Å²) in [6.45, 7) is 4.35. The average Bonchev–Trinajstić information content (AvgIpc) is 2.30. The van der Waals surface area contributed by atoms with Crippen LogP contribution in [0.2, 0.25) is 0 Å². The Kier molecular flexibility index (Phi) is 4.07. The van der Waals surface area contributed by atoms with Gasteiger partial charge in [0.05, 0.1) is 0 Å². The van der Waals surface area contributed by atoms with E-state index in [4.69, 9.17) is 12.2 Å². The molecule has 0 bridgehead atoms. The van der Waals surface area contributed by atoms with Crippen molar-refractivity contribution < 1.29 is 0 Å². The molecule has 1 N–H and O–H groups in total. The number of nitrogens with zero attached hydrogens (tertiary/aromatic N) is 1. The summed E-state index contributed by atoms with van der Waals surface area (Å²) in [6, 6.07) is 10.1. The average molecular weight is 252 g/mol. The van der Waals surface area contributed by atoms with Gasteiger partial charge in [-0.05, 0) is 24.4 Å². The zero-order chi connectivity index (χ0) is 11.4. The standard InChI is InChI=1S/C12H16N2S2/c1-10-9-14(7-8-16-10)12(15)13-11-5-3-2-4-6-11/h2-6,10H,7-9H2,1H3,(H,13,15). The number of anilines is 1. The molecular weight excluding hydrogens is 236 g/mol. The molecule has 0 amide bonds. The van der Waals surface area contributed by atoms with E-state index in [1.54, 1.807) is 0 Å². The minimum absolute atomic E-state index is 0.671. The summed E-state index contributed by atoms with van der Waals surface area (Å²) in [5.41, 5.74) is 1.07. The molecule has 0 radical (unpaired) electrons. The first-order valence-electron chi connectivity index (χ1n) is 5.48. The van der Waals surface area contributed by atoms with E-state index in [1.165, 1.54) is 0 Å². The molecule has 1 aromatic carbocycles. The lowest BCUT2D eigenvalue weighted by atomic mass is 10.3. The quantitative estimate of drug-likeness (QED) is 0.773. The Balaban J connectivity index is 1.93. The molecule has 1 unspecified atom stereocenters. The van der Waals surface area contributed by atoms with Crippen LogP contribution in [0.3, 0.4) is 0 Å². The molecule has 1 atom stereocenters. The molecule has 0 spiro atoms. The summed E-state index contributed by atoms with van der Waals surface area (Å²) in [7, 11) is 0. The number of benzene rings is 1. The van der Waals surface area contributed by atoms with Crippen molar-refractivity contribution in [3.8, 4) is 0 Å². The minimum atomic E-state index is 0.671. The molecule has 1 aromatic rings. The van der Waals surface area contributed by atoms with E-state index < -0.39 is 0 Å². The van der Waals surface area contributed by atoms with Crippen LogP contribution in [0, 0.1) is 0 Å². The molecule has 1 fully saturated rings. The Labute approximate surface area is 106 Å². The minimum Gasteiger partial charge on any atom is -0.347 e. The van der Waals surface area contributed by atoms with Crippen molar-refractivity contribution in [1.82, 2.24) is 4.90 Å². The predicted molar refractivity (Wildman–Crippen MR) is 76.2 cm³/mol. The zero-order valence-electron chi connectivity index (χ0n) is 9.35. The molecule has 1 heterocycles. The molecule has 16 heavy (non-hydrogen) atoms. The van der Waals surface area contributed by atoms with Crippen LogP contribution < -0.4 is 5.32 Å². The fourth-order valence-corrected chi connectivity index (χ4v) is 3.02. The highest BCUT2D eigenvalue weighted by atomic mass is 32.2. The van der Waals surface area contributed by atoms with Gasteiger partial charge >= 0.3 is 0 Å². The summed E-state index contributed by atoms with van der Waals surface area (Å²) in [5.74, 6) is 1.16. The maximum absolute atomic E-state index is 5.41. The lowest BCUT2D eigenvalue weighted by molar-refractivity contribution is 0.442. The summed E-state index contributed by atoms with van der Waals surface area (Å²) < 4.78 is 0. The summed E-state index contributed by atoms with van der Waals surface area (Å²) in [5, 5.41) is 4.80. The Morgan fingerprint density at radius 3 is 2.88 bits per heavy atom. The van der Waals surface area contributed by atoms with Crippen LogP contribution in [0.5, 0.6) is 0 Å². The smallest absolute Gasteiger partial charge is 0.173 e. The van der Waals surface area contributed by atoms with Crippen molar-refractivity contribution in [3.05, 3.63) is 30.3 Å². The van der Waals surface area contributed by atoms with Crippen LogP contribution in [0.1, 0.15) is 6.92 Å². The number of thiocarbonyl (C=S) groups is 1. The molecule has 4 heteroatoms. The topological polar surface area (TPSA) is 15.3 Å². The SMILES string of the molecule is CC1CN(C(=S)Nc2ccccc2)CCS1. The van der Waals surface area contributed by atoms with Crippen LogP contribution in [0.25, 0.3) is 0 Å². The normalized spacial score (nSPS) is 20.6. The van der Waals surface area contributed by atoms with Gasteiger partial charge in [-0.2, -0.15) is 11.8 Å². The lowest BCUT2D eigenvalue weighted by Gasteiger charge is -2.32. The first-order valence-corrected chi connectivity index (χ1v) is 6.94. The van der Waals surface area contributed by atoms with E-state index in [2.05, 4.69) is 17.1 Å². The van der Waals surface area contributed by atoms with Gasteiger partial charge < -0.3 is 10.2 Å². The monoisotopic (exact) mass is 252 g/mol. The molecule has 2 nitrogen and oxygen atoms in total. The van der Waals surface area contributed by atoms with Gasteiger partial charge in [0.2, 0.25) is 0 Å². The highest BCUT2D eigenvalue weighted by Crippen LogP contribution is 2.18. The second kappa shape index (κ2) is 5.55. The van der Waals surface area contributed by atoms with E-state index in [0.717, 1.165) is 29.6 Å². The van der Waals surface area contributed by atoms with Crippen LogP contribution in [-0.2, 0) is 0 Å². The fourth-order valence-electron chi connectivity index (χ4n) is 1.73. The van der Waals surface area contributed by atoms with Gasteiger partial charge in [-0.15, -0.1) is 0 Å². The highest BCUT2D eigenvalue weighted by molar-refractivity contribution is 8.00. The highest BCUT2D eigenvalue weighted by Gasteiger charge is 2.18. The summed E-state index contributed by atoms with van der Waals surface area (Å²) in [4.78, 5) is 2.25. The molecule has 0 aromatic heterocycles. The van der Waals surface area contributed by atoms with Gasteiger partial charge in [-0.1, -0.05) is 25.1 Å². The van der Waals surface area contributed by atoms with E-state index in [0.29, 0.717) is 5.25 Å². The van der Waals surface area contributed by atoms with Gasteiger partial charge in [-0.3, -0.25) is 0 Å². The van der Waals surface area contributed by atoms with Crippen molar-refractivity contribution in [3.63, 3.8) is 0 Å². The van der Waals surface area contributed by atoms with E-state index in [9.17, 15) is 0 Å². The van der Waals surface area contributed by atoms with Crippen LogP contribution in [0.15, 0.2) is 30.3 Å². The third kappa shape index (κ3) is 3.12. The molecule has 2 rings (SSSR count). The number of rotatable bonds is 1. The third-order valence-corrected chi connectivity index (χ3v) is 4.05. The van der Waals surface area contributed by atoms with Gasteiger partial charge in [0.15, 0.2) is 5.11 Å². The van der Waals surface area contributed by atoms with Gasteiger partial charge in [0.1, 0.15) is 0 Å². The molecule has 1 saturated heterocycles. The lowest BCUT2D eigenvalue weighted by Crippen LogP contribution is -2.43. The van der Waals surface area contributed by atoms with E-state index in [1.807, 2.05) is 42.1 Å². The molecule has 1 aliphatic heterocycles. The van der Waals surface area contributed by atoms with Crippen molar-refractivity contribution >= 4 is 34.8 Å². The summed E-state index contributed by atoms with van der Waals surface area (Å²) >= 11 is 7.43. The molecule has 86 valence electrons. The molecular formula is C12H16N2S2. The van der Waals surface area contributed by atoms with Crippen LogP contribution >= 0.6 is 24.0 Å².